The van der Waals surface area contributed by atoms with Crippen molar-refractivity contribution in [2.75, 3.05) is 0 Å². The molecule has 1 aromatic heterocycles. The molecule has 80 valence electrons. The maximum Gasteiger partial charge on any atom is 0.218 e. The van der Waals surface area contributed by atoms with Gasteiger partial charge in [-0.2, -0.15) is 0 Å². The van der Waals surface area contributed by atoms with Crippen molar-refractivity contribution in [1.29, 1.82) is 0 Å². The Balaban J connectivity index is 2.39. The molecule has 0 aliphatic heterocycles. The normalized spacial score (nSPS) is 10.1. The van der Waals surface area contributed by atoms with Crippen LogP contribution in [0.15, 0.2) is 42.6 Å². The van der Waals surface area contributed by atoms with E-state index >= 15 is 0 Å². The van der Waals surface area contributed by atoms with Crippen LogP contribution in [-0.4, -0.2) is 16.8 Å². The lowest BCUT2D eigenvalue weighted by Gasteiger charge is -2.02. The minimum atomic E-state index is -0.142. The van der Waals surface area contributed by atoms with Crippen LogP contribution in [-0.2, 0) is 4.79 Å². The molecule has 0 saturated heterocycles. The van der Waals surface area contributed by atoms with Gasteiger partial charge in [0.2, 0.25) is 12.2 Å². The molecule has 0 aliphatic rings. The lowest BCUT2D eigenvalue weighted by molar-refractivity contribution is 0.103. The summed E-state index contributed by atoms with van der Waals surface area (Å²) in [7, 11) is 0. The molecule has 0 fully saturated rings. The summed E-state index contributed by atoms with van der Waals surface area (Å²) in [6.45, 7) is 1.96. The second-order valence-electron chi connectivity index (χ2n) is 3.60. The van der Waals surface area contributed by atoms with Crippen molar-refractivity contribution in [2.24, 2.45) is 0 Å². The van der Waals surface area contributed by atoms with Gasteiger partial charge in [0.25, 0.3) is 0 Å². The maximum atomic E-state index is 12.0. The first-order valence-corrected chi connectivity index (χ1v) is 4.96. The van der Waals surface area contributed by atoms with Crippen molar-refractivity contribution in [3.8, 4) is 0 Å². The number of aromatic nitrogens is 1. The van der Waals surface area contributed by atoms with Gasteiger partial charge in [0.1, 0.15) is 0 Å². The first-order valence-electron chi connectivity index (χ1n) is 4.96. The number of hydrogen-bond acceptors (Lipinski definition) is 2. The number of carbonyl (C=O) groups is 2. The van der Waals surface area contributed by atoms with Crippen molar-refractivity contribution >= 4 is 12.2 Å². The number of benzene rings is 1. The van der Waals surface area contributed by atoms with Crippen LogP contribution in [0.3, 0.4) is 0 Å². The van der Waals surface area contributed by atoms with Crippen LogP contribution in [0, 0.1) is 6.92 Å². The fourth-order valence-corrected chi connectivity index (χ4v) is 1.53. The standard InChI is InChI=1S/C13H11NO2/c1-10-4-6-11(7-5-10)13(16)12-3-2-8-14(12)9-15/h2-9H,1H3. The van der Waals surface area contributed by atoms with E-state index in [1.165, 1.54) is 4.57 Å². The van der Waals surface area contributed by atoms with Gasteiger partial charge in [-0.05, 0) is 19.1 Å². The van der Waals surface area contributed by atoms with Gasteiger partial charge in [0.15, 0.2) is 0 Å². The highest BCUT2D eigenvalue weighted by Gasteiger charge is 2.12. The van der Waals surface area contributed by atoms with Gasteiger partial charge in [-0.3, -0.25) is 14.2 Å². The van der Waals surface area contributed by atoms with Crippen LogP contribution in [0.1, 0.15) is 21.6 Å². The van der Waals surface area contributed by atoms with Crippen LogP contribution in [0.5, 0.6) is 0 Å². The third-order valence-corrected chi connectivity index (χ3v) is 2.44. The number of aryl methyl sites for hydroxylation is 1. The number of hydrogen-bond donors (Lipinski definition) is 0. The summed E-state index contributed by atoms with van der Waals surface area (Å²) < 4.78 is 1.28. The molecular formula is C13H11NO2. The molecule has 0 spiro atoms. The largest absolute Gasteiger partial charge is 0.287 e. The monoisotopic (exact) mass is 213 g/mol. The average Bonchev–Trinajstić information content (AvgIpc) is 2.77. The quantitative estimate of drug-likeness (QED) is 0.578. The Bertz CT molecular complexity index is 523. The molecule has 16 heavy (non-hydrogen) atoms. The fraction of sp³-hybridized carbons (Fsp3) is 0.0769. The number of carbonyl (C=O) groups excluding carboxylic acids is 2. The van der Waals surface area contributed by atoms with Gasteiger partial charge >= 0.3 is 0 Å². The van der Waals surface area contributed by atoms with Crippen molar-refractivity contribution in [3.05, 3.63) is 59.4 Å². The lowest BCUT2D eigenvalue weighted by atomic mass is 10.1. The van der Waals surface area contributed by atoms with Gasteiger partial charge in [0.05, 0.1) is 5.69 Å². The molecule has 2 rings (SSSR count). The summed E-state index contributed by atoms with van der Waals surface area (Å²) in [4.78, 5) is 22.7. The zero-order chi connectivity index (χ0) is 11.5. The minimum absolute atomic E-state index is 0.142. The average molecular weight is 213 g/mol. The maximum absolute atomic E-state index is 12.0. The predicted molar refractivity (Wildman–Crippen MR) is 61.2 cm³/mol. The molecule has 1 aromatic carbocycles. The molecule has 3 nitrogen and oxygen atoms in total. The van der Waals surface area contributed by atoms with Crippen LogP contribution < -0.4 is 0 Å². The fourth-order valence-electron chi connectivity index (χ4n) is 1.53. The molecule has 0 radical (unpaired) electrons. The van der Waals surface area contributed by atoms with Crippen molar-refractivity contribution < 1.29 is 9.59 Å². The van der Waals surface area contributed by atoms with Gasteiger partial charge in [-0.15, -0.1) is 0 Å². The van der Waals surface area contributed by atoms with Crippen LogP contribution in [0.2, 0.25) is 0 Å². The second kappa shape index (κ2) is 4.14. The zero-order valence-corrected chi connectivity index (χ0v) is 8.88. The molecule has 0 amide bonds. The Morgan fingerprint density at radius 3 is 2.50 bits per heavy atom. The van der Waals surface area contributed by atoms with E-state index < -0.39 is 0 Å². The molecular weight excluding hydrogens is 202 g/mol. The summed E-state index contributed by atoms with van der Waals surface area (Å²) in [5, 5.41) is 0. The first-order chi connectivity index (χ1) is 7.72. The van der Waals surface area contributed by atoms with E-state index in [0.29, 0.717) is 17.7 Å². The van der Waals surface area contributed by atoms with E-state index in [2.05, 4.69) is 0 Å². The molecule has 3 heteroatoms. The van der Waals surface area contributed by atoms with E-state index in [1.807, 2.05) is 19.1 Å². The Hall–Kier alpha value is -2.16. The SMILES string of the molecule is Cc1ccc(C(=O)c2cccn2C=O)cc1. The minimum Gasteiger partial charge on any atom is -0.287 e. The van der Waals surface area contributed by atoms with E-state index in [4.69, 9.17) is 0 Å². The van der Waals surface area contributed by atoms with E-state index in [9.17, 15) is 9.59 Å². The van der Waals surface area contributed by atoms with Crippen LogP contribution >= 0.6 is 0 Å². The predicted octanol–water partition coefficient (Wildman–Crippen LogP) is 2.07. The van der Waals surface area contributed by atoms with Crippen LogP contribution in [0.25, 0.3) is 0 Å². The molecule has 0 N–H and O–H groups in total. The lowest BCUT2D eigenvalue weighted by Crippen LogP contribution is -2.08. The summed E-state index contributed by atoms with van der Waals surface area (Å²) in [5.41, 5.74) is 2.08. The summed E-state index contributed by atoms with van der Waals surface area (Å²) in [6.07, 6.45) is 2.19. The number of ketones is 1. The molecule has 2 aromatic rings. The Kier molecular flexibility index (Phi) is 2.68. The summed E-state index contributed by atoms with van der Waals surface area (Å²) in [6, 6.07) is 10.6. The van der Waals surface area contributed by atoms with Crippen molar-refractivity contribution in [1.82, 2.24) is 4.57 Å². The highest BCUT2D eigenvalue weighted by Crippen LogP contribution is 2.10. The molecule has 0 saturated carbocycles. The zero-order valence-electron chi connectivity index (χ0n) is 8.88. The smallest absolute Gasteiger partial charge is 0.218 e. The topological polar surface area (TPSA) is 39.1 Å². The van der Waals surface area contributed by atoms with Gasteiger partial charge in [-0.25, -0.2) is 0 Å². The third kappa shape index (κ3) is 1.80. The second-order valence-corrected chi connectivity index (χ2v) is 3.60. The van der Waals surface area contributed by atoms with E-state index in [1.54, 1.807) is 30.5 Å². The molecule has 0 bridgehead atoms. The highest BCUT2D eigenvalue weighted by atomic mass is 16.1. The Morgan fingerprint density at radius 1 is 1.19 bits per heavy atom. The first kappa shape index (κ1) is 10.4. The van der Waals surface area contributed by atoms with E-state index in [0.717, 1.165) is 5.56 Å². The number of nitrogens with zero attached hydrogens (tertiary/aromatic N) is 1. The molecule has 0 unspecified atom stereocenters. The Labute approximate surface area is 93.3 Å². The molecule has 1 heterocycles. The van der Waals surface area contributed by atoms with Gasteiger partial charge in [0, 0.05) is 11.8 Å². The van der Waals surface area contributed by atoms with Gasteiger partial charge < -0.3 is 0 Å². The summed E-state index contributed by atoms with van der Waals surface area (Å²) >= 11 is 0. The Morgan fingerprint density at radius 2 is 1.88 bits per heavy atom. The molecule has 0 aliphatic carbocycles. The van der Waals surface area contributed by atoms with Crippen molar-refractivity contribution in [2.45, 2.75) is 6.92 Å². The highest BCUT2D eigenvalue weighted by molar-refractivity contribution is 6.08. The summed E-state index contributed by atoms with van der Waals surface area (Å²) in [5.74, 6) is -0.142. The number of rotatable bonds is 3. The van der Waals surface area contributed by atoms with E-state index in [-0.39, 0.29) is 5.78 Å². The van der Waals surface area contributed by atoms with Crippen LogP contribution in [0.4, 0.5) is 0 Å². The van der Waals surface area contributed by atoms with Crippen molar-refractivity contribution in [3.63, 3.8) is 0 Å². The third-order valence-electron chi connectivity index (χ3n) is 2.44. The molecule has 0 atom stereocenters. The van der Waals surface area contributed by atoms with Gasteiger partial charge in [-0.1, -0.05) is 29.8 Å².